The number of hydrogen-bond acceptors (Lipinski definition) is 3. The van der Waals surface area contributed by atoms with Crippen LogP contribution in [0.3, 0.4) is 0 Å². The van der Waals surface area contributed by atoms with Crippen molar-refractivity contribution in [2.75, 3.05) is 5.32 Å². The van der Waals surface area contributed by atoms with Crippen LogP contribution < -0.4 is 10.1 Å². The smallest absolute Gasteiger partial charge is 0.419 e. The molecule has 5 nitrogen and oxygen atoms in total. The summed E-state index contributed by atoms with van der Waals surface area (Å²) in [6, 6.07) is 9.60. The zero-order valence-corrected chi connectivity index (χ0v) is 15.3. The van der Waals surface area contributed by atoms with Gasteiger partial charge in [-0.3, -0.25) is 4.79 Å². The third kappa shape index (κ3) is 3.32. The van der Waals surface area contributed by atoms with E-state index in [-0.39, 0.29) is 17.2 Å². The number of para-hydroxylation sites is 1. The molecule has 2 aromatic rings. The number of anilines is 1. The van der Waals surface area contributed by atoms with Crippen molar-refractivity contribution in [1.82, 2.24) is 0 Å². The van der Waals surface area contributed by atoms with E-state index in [1.165, 1.54) is 30.3 Å². The number of alkyl halides is 3. The number of fused-ring (bicyclic) bond motifs is 2. The molecular formula is C21H18F3NO4. The van der Waals surface area contributed by atoms with Gasteiger partial charge in [0.05, 0.1) is 22.6 Å². The largest absolute Gasteiger partial charge is 0.490 e. The van der Waals surface area contributed by atoms with Crippen LogP contribution in [0.1, 0.15) is 47.2 Å². The summed E-state index contributed by atoms with van der Waals surface area (Å²) < 4.78 is 45.2. The standard InChI is InChI=1S/C21H18F3NO4/c22-21(23,24)14-3-1-2-4-17(14)29-13-7-9-20(10-8-13)15-11-12(18(26)27)5-6-16(15)25-19(20)28/h1-6,11,13H,7-10H2,(H,25,28)(H,26,27). The highest BCUT2D eigenvalue weighted by molar-refractivity contribution is 6.07. The van der Waals surface area contributed by atoms with E-state index in [1.807, 2.05) is 0 Å². The Bertz CT molecular complexity index is 978. The lowest BCUT2D eigenvalue weighted by molar-refractivity contribution is -0.139. The maximum absolute atomic E-state index is 13.2. The first-order valence-electron chi connectivity index (χ1n) is 9.23. The second-order valence-corrected chi connectivity index (χ2v) is 7.41. The number of ether oxygens (including phenoxy) is 1. The van der Waals surface area contributed by atoms with Crippen molar-refractivity contribution in [1.29, 1.82) is 0 Å². The molecule has 8 heteroatoms. The summed E-state index contributed by atoms with van der Waals surface area (Å²) in [5, 5.41) is 12.0. The van der Waals surface area contributed by atoms with Gasteiger partial charge in [0.1, 0.15) is 5.75 Å². The van der Waals surface area contributed by atoms with E-state index >= 15 is 0 Å². The number of benzene rings is 2. The zero-order chi connectivity index (χ0) is 20.8. The molecular weight excluding hydrogens is 387 g/mol. The number of hydrogen-bond donors (Lipinski definition) is 2. The Morgan fingerprint density at radius 2 is 1.83 bits per heavy atom. The normalized spacial score (nSPS) is 23.6. The SMILES string of the molecule is O=C(O)c1ccc2c(c1)C1(CCC(Oc3ccccc3C(F)(F)F)CC1)C(=O)N2. The highest BCUT2D eigenvalue weighted by atomic mass is 19.4. The Morgan fingerprint density at radius 1 is 1.14 bits per heavy atom. The molecule has 1 amide bonds. The molecule has 152 valence electrons. The van der Waals surface area contributed by atoms with Crippen LogP contribution in [-0.4, -0.2) is 23.1 Å². The average Bonchev–Trinajstić information content (AvgIpc) is 2.94. The van der Waals surface area contributed by atoms with Gasteiger partial charge in [0, 0.05) is 5.69 Å². The van der Waals surface area contributed by atoms with Crippen molar-refractivity contribution in [2.24, 2.45) is 0 Å². The number of amides is 1. The van der Waals surface area contributed by atoms with Gasteiger partial charge < -0.3 is 15.2 Å². The molecule has 0 saturated heterocycles. The predicted molar refractivity (Wildman–Crippen MR) is 98.0 cm³/mol. The van der Waals surface area contributed by atoms with Crippen molar-refractivity contribution in [3.8, 4) is 5.75 Å². The molecule has 2 aromatic carbocycles. The molecule has 0 bridgehead atoms. The molecule has 4 rings (SSSR count). The molecule has 0 radical (unpaired) electrons. The number of carbonyl (C=O) groups is 2. The molecule has 1 spiro atoms. The molecule has 2 N–H and O–H groups in total. The van der Waals surface area contributed by atoms with E-state index in [2.05, 4.69) is 5.32 Å². The van der Waals surface area contributed by atoms with Crippen LogP contribution in [0.2, 0.25) is 0 Å². The summed E-state index contributed by atoms with van der Waals surface area (Å²) in [5.74, 6) is -1.50. The molecule has 0 unspecified atom stereocenters. The van der Waals surface area contributed by atoms with Crippen molar-refractivity contribution < 1.29 is 32.6 Å². The van der Waals surface area contributed by atoms with Gasteiger partial charge in [-0.05, 0) is 61.6 Å². The fourth-order valence-electron chi connectivity index (χ4n) is 4.23. The molecule has 1 aliphatic carbocycles. The molecule has 1 fully saturated rings. The quantitative estimate of drug-likeness (QED) is 0.782. The summed E-state index contributed by atoms with van der Waals surface area (Å²) in [4.78, 5) is 24.0. The number of halogens is 3. The summed E-state index contributed by atoms with van der Waals surface area (Å²) in [5.41, 5.74) is -0.379. The van der Waals surface area contributed by atoms with Gasteiger partial charge in [-0.25, -0.2) is 4.79 Å². The minimum atomic E-state index is -4.51. The third-order valence-electron chi connectivity index (χ3n) is 5.74. The number of aromatic carboxylic acids is 1. The summed E-state index contributed by atoms with van der Waals surface area (Å²) in [7, 11) is 0. The zero-order valence-electron chi connectivity index (χ0n) is 15.3. The highest BCUT2D eigenvalue weighted by Crippen LogP contribution is 2.48. The minimum Gasteiger partial charge on any atom is -0.490 e. The second-order valence-electron chi connectivity index (χ2n) is 7.41. The molecule has 1 aliphatic heterocycles. The fourth-order valence-corrected chi connectivity index (χ4v) is 4.23. The van der Waals surface area contributed by atoms with Gasteiger partial charge in [-0.1, -0.05) is 12.1 Å². The van der Waals surface area contributed by atoms with Gasteiger partial charge in [0.2, 0.25) is 5.91 Å². The predicted octanol–water partition coefficient (Wildman–Crippen LogP) is 4.62. The number of carboxylic acid groups (broad SMARTS) is 1. The van der Waals surface area contributed by atoms with Gasteiger partial charge >= 0.3 is 12.1 Å². The van der Waals surface area contributed by atoms with Crippen molar-refractivity contribution in [2.45, 2.75) is 43.4 Å². The first-order chi connectivity index (χ1) is 13.7. The first-order valence-corrected chi connectivity index (χ1v) is 9.23. The van der Waals surface area contributed by atoms with Crippen LogP contribution >= 0.6 is 0 Å². The van der Waals surface area contributed by atoms with Crippen LogP contribution in [-0.2, 0) is 16.4 Å². The number of rotatable bonds is 3. The lowest BCUT2D eigenvalue weighted by Crippen LogP contribution is -2.41. The Hall–Kier alpha value is -3.03. The maximum Gasteiger partial charge on any atom is 0.419 e. The van der Waals surface area contributed by atoms with Gasteiger partial charge in [-0.2, -0.15) is 13.2 Å². The van der Waals surface area contributed by atoms with E-state index < -0.39 is 29.2 Å². The molecule has 1 saturated carbocycles. The van der Waals surface area contributed by atoms with E-state index in [1.54, 1.807) is 6.07 Å². The van der Waals surface area contributed by atoms with Crippen LogP contribution in [0.15, 0.2) is 42.5 Å². The van der Waals surface area contributed by atoms with Gasteiger partial charge in [-0.15, -0.1) is 0 Å². The first kappa shape index (κ1) is 19.3. The van der Waals surface area contributed by atoms with Crippen LogP contribution in [0.25, 0.3) is 0 Å². The summed E-state index contributed by atoms with van der Waals surface area (Å²) in [6.07, 6.45) is -3.46. The third-order valence-corrected chi connectivity index (χ3v) is 5.74. The van der Waals surface area contributed by atoms with Crippen molar-refractivity contribution in [3.63, 3.8) is 0 Å². The van der Waals surface area contributed by atoms with E-state index in [0.29, 0.717) is 36.9 Å². The average molecular weight is 405 g/mol. The molecule has 1 heterocycles. The second kappa shape index (κ2) is 6.79. The Balaban J connectivity index is 1.55. The summed E-state index contributed by atoms with van der Waals surface area (Å²) in [6.45, 7) is 0. The van der Waals surface area contributed by atoms with Gasteiger partial charge in [0.15, 0.2) is 0 Å². The van der Waals surface area contributed by atoms with Crippen LogP contribution in [0, 0.1) is 0 Å². The van der Waals surface area contributed by atoms with Crippen molar-refractivity contribution in [3.05, 3.63) is 59.2 Å². The van der Waals surface area contributed by atoms with Gasteiger partial charge in [0.25, 0.3) is 0 Å². The number of carbonyl (C=O) groups excluding carboxylic acids is 1. The lowest BCUT2D eigenvalue weighted by Gasteiger charge is -2.36. The van der Waals surface area contributed by atoms with Crippen LogP contribution in [0.5, 0.6) is 5.75 Å². The van der Waals surface area contributed by atoms with E-state index in [9.17, 15) is 27.9 Å². The van der Waals surface area contributed by atoms with E-state index in [0.717, 1.165) is 6.07 Å². The molecule has 29 heavy (non-hydrogen) atoms. The van der Waals surface area contributed by atoms with Crippen LogP contribution in [0.4, 0.5) is 18.9 Å². The Labute approximate surface area is 164 Å². The summed E-state index contributed by atoms with van der Waals surface area (Å²) >= 11 is 0. The number of carboxylic acids is 1. The Morgan fingerprint density at radius 3 is 2.48 bits per heavy atom. The monoisotopic (exact) mass is 405 g/mol. The minimum absolute atomic E-state index is 0.0945. The fraction of sp³-hybridized carbons (Fsp3) is 0.333. The molecule has 0 aromatic heterocycles. The Kier molecular flexibility index (Phi) is 4.52. The van der Waals surface area contributed by atoms with E-state index in [4.69, 9.17) is 4.74 Å². The number of nitrogens with one attached hydrogen (secondary N) is 1. The maximum atomic E-state index is 13.2. The topological polar surface area (TPSA) is 75.6 Å². The molecule has 2 aliphatic rings. The lowest BCUT2D eigenvalue weighted by atomic mass is 9.69. The highest BCUT2D eigenvalue weighted by Gasteiger charge is 2.49. The molecule has 0 atom stereocenters. The van der Waals surface area contributed by atoms with Crippen molar-refractivity contribution >= 4 is 17.6 Å².